The predicted molar refractivity (Wildman–Crippen MR) is 63.0 cm³/mol. The van der Waals surface area contributed by atoms with Crippen LogP contribution in [-0.2, 0) is 19.6 Å². The van der Waals surface area contributed by atoms with Gasteiger partial charge in [0.2, 0.25) is 10.0 Å². The van der Waals surface area contributed by atoms with Crippen molar-refractivity contribution < 1.29 is 17.9 Å². The first-order valence-corrected chi connectivity index (χ1v) is 6.94. The monoisotopic (exact) mass is 271 g/mol. The van der Waals surface area contributed by atoms with Gasteiger partial charge in [-0.25, -0.2) is 12.7 Å². The van der Waals surface area contributed by atoms with Crippen LogP contribution in [0, 0.1) is 0 Å². The van der Waals surface area contributed by atoms with Gasteiger partial charge in [-0.3, -0.25) is 4.79 Å². The zero-order valence-corrected chi connectivity index (χ0v) is 11.6. The molecule has 0 spiro atoms. The number of carbonyl (C=O) groups excluding carboxylic acids is 1. The van der Waals surface area contributed by atoms with E-state index in [1.807, 2.05) is 0 Å². The van der Waals surface area contributed by atoms with E-state index in [-0.39, 0.29) is 12.4 Å². The molecule has 0 aliphatic rings. The first-order chi connectivity index (χ1) is 7.08. The third kappa shape index (κ3) is 6.30. The lowest BCUT2D eigenvalue weighted by Gasteiger charge is -2.21. The normalized spacial score (nSPS) is 12.9. The van der Waals surface area contributed by atoms with Crippen LogP contribution < -0.4 is 0 Å². The molecule has 0 bridgehead atoms. The molecular formula is C9H18ClNO4S. The number of halogens is 1. The Kier molecular flexibility index (Phi) is 5.72. The lowest BCUT2D eigenvalue weighted by molar-refractivity contribution is -0.151. The molecule has 0 saturated carbocycles. The molecule has 0 aliphatic carbocycles. The Hall–Kier alpha value is -0.330. The molecule has 0 saturated heterocycles. The van der Waals surface area contributed by atoms with Crippen LogP contribution in [0.15, 0.2) is 0 Å². The Morgan fingerprint density at radius 2 is 1.88 bits per heavy atom. The highest BCUT2D eigenvalue weighted by atomic mass is 35.5. The van der Waals surface area contributed by atoms with E-state index < -0.39 is 27.3 Å². The molecule has 0 fully saturated rings. The fourth-order valence-electron chi connectivity index (χ4n) is 0.888. The van der Waals surface area contributed by atoms with Crippen LogP contribution in [0.4, 0.5) is 0 Å². The minimum absolute atomic E-state index is 0.173. The summed E-state index contributed by atoms with van der Waals surface area (Å²) in [5, 5.41) is 0. The van der Waals surface area contributed by atoms with Gasteiger partial charge in [0.15, 0.2) is 5.75 Å². The smallest absolute Gasteiger partial charge is 0.323 e. The van der Waals surface area contributed by atoms with E-state index in [9.17, 15) is 13.2 Å². The average Bonchev–Trinajstić information content (AvgIpc) is 1.99. The molecule has 0 aromatic heterocycles. The molecule has 0 amide bonds. The van der Waals surface area contributed by atoms with E-state index in [0.717, 1.165) is 4.31 Å². The minimum atomic E-state index is -3.62. The molecule has 0 N–H and O–H groups in total. The van der Waals surface area contributed by atoms with Crippen molar-refractivity contribution in [3.63, 3.8) is 0 Å². The maximum atomic E-state index is 11.6. The zero-order valence-electron chi connectivity index (χ0n) is 9.99. The largest absolute Gasteiger partial charge is 0.459 e. The standard InChI is InChI=1S/C9H18ClNO4S/c1-9(2,3)15-8(12)7-16(13,14)11(4)6-5-10/h5-7H2,1-4H3. The summed E-state index contributed by atoms with van der Waals surface area (Å²) >= 11 is 5.42. The van der Waals surface area contributed by atoms with E-state index in [0.29, 0.717) is 0 Å². The van der Waals surface area contributed by atoms with Crippen molar-refractivity contribution in [2.45, 2.75) is 26.4 Å². The van der Waals surface area contributed by atoms with Gasteiger partial charge in [-0.2, -0.15) is 0 Å². The molecule has 0 unspecified atom stereocenters. The van der Waals surface area contributed by atoms with E-state index in [2.05, 4.69) is 0 Å². The van der Waals surface area contributed by atoms with Crippen molar-refractivity contribution in [2.24, 2.45) is 0 Å². The Labute approximate surface area is 102 Å². The lowest BCUT2D eigenvalue weighted by atomic mass is 10.2. The Morgan fingerprint density at radius 1 is 1.38 bits per heavy atom. The highest BCUT2D eigenvalue weighted by Gasteiger charge is 2.25. The van der Waals surface area contributed by atoms with Crippen molar-refractivity contribution in [2.75, 3.05) is 25.2 Å². The Morgan fingerprint density at radius 3 is 2.25 bits per heavy atom. The molecule has 0 aromatic rings. The highest BCUT2D eigenvalue weighted by molar-refractivity contribution is 7.89. The first kappa shape index (κ1) is 15.7. The van der Waals surface area contributed by atoms with Crippen molar-refractivity contribution in [1.29, 1.82) is 0 Å². The lowest BCUT2D eigenvalue weighted by Crippen LogP contribution is -2.36. The maximum absolute atomic E-state index is 11.6. The quantitative estimate of drug-likeness (QED) is 0.549. The Bertz CT molecular complexity index is 334. The summed E-state index contributed by atoms with van der Waals surface area (Å²) in [6.45, 7) is 5.21. The maximum Gasteiger partial charge on any atom is 0.323 e. The van der Waals surface area contributed by atoms with Crippen LogP contribution in [0.5, 0.6) is 0 Å². The molecule has 0 aromatic carbocycles. The van der Waals surface area contributed by atoms with Crippen LogP contribution in [0.1, 0.15) is 20.8 Å². The second-order valence-corrected chi connectivity index (χ2v) is 6.81. The van der Waals surface area contributed by atoms with Gasteiger partial charge in [0.05, 0.1) is 0 Å². The highest BCUT2D eigenvalue weighted by Crippen LogP contribution is 2.08. The molecule has 0 atom stereocenters. The number of alkyl halides is 1. The van der Waals surface area contributed by atoms with Gasteiger partial charge in [0.1, 0.15) is 5.60 Å². The van der Waals surface area contributed by atoms with E-state index >= 15 is 0 Å². The fraction of sp³-hybridized carbons (Fsp3) is 0.889. The molecule has 0 rings (SSSR count). The number of hydrogen-bond donors (Lipinski definition) is 0. The molecule has 0 radical (unpaired) electrons. The number of ether oxygens (including phenoxy) is 1. The minimum Gasteiger partial charge on any atom is -0.459 e. The summed E-state index contributed by atoms with van der Waals surface area (Å²) in [6.07, 6.45) is 0. The molecule has 96 valence electrons. The molecular weight excluding hydrogens is 254 g/mol. The van der Waals surface area contributed by atoms with Gasteiger partial charge in [0, 0.05) is 19.5 Å². The third-order valence-electron chi connectivity index (χ3n) is 1.59. The molecule has 16 heavy (non-hydrogen) atoms. The van der Waals surface area contributed by atoms with Crippen molar-refractivity contribution in [3.8, 4) is 0 Å². The van der Waals surface area contributed by atoms with Gasteiger partial charge >= 0.3 is 5.97 Å². The van der Waals surface area contributed by atoms with Crippen molar-refractivity contribution in [1.82, 2.24) is 4.31 Å². The van der Waals surface area contributed by atoms with Crippen LogP contribution in [-0.4, -0.2) is 49.5 Å². The molecule has 7 heteroatoms. The predicted octanol–water partition coefficient (Wildman–Crippen LogP) is 0.828. The summed E-state index contributed by atoms with van der Waals surface area (Å²) in [4.78, 5) is 11.3. The summed E-state index contributed by atoms with van der Waals surface area (Å²) in [5.41, 5.74) is -0.683. The molecule has 0 heterocycles. The van der Waals surface area contributed by atoms with Crippen LogP contribution in [0.3, 0.4) is 0 Å². The van der Waals surface area contributed by atoms with E-state index in [1.54, 1.807) is 20.8 Å². The topological polar surface area (TPSA) is 63.7 Å². The number of hydrogen-bond acceptors (Lipinski definition) is 4. The van der Waals surface area contributed by atoms with Gasteiger partial charge in [-0.1, -0.05) is 0 Å². The number of nitrogens with zero attached hydrogens (tertiary/aromatic N) is 1. The number of rotatable bonds is 5. The van der Waals surface area contributed by atoms with Gasteiger partial charge in [0.25, 0.3) is 0 Å². The number of sulfonamides is 1. The first-order valence-electron chi connectivity index (χ1n) is 4.80. The molecule has 5 nitrogen and oxygen atoms in total. The van der Waals surface area contributed by atoms with Crippen LogP contribution >= 0.6 is 11.6 Å². The Balaban J connectivity index is 4.43. The van der Waals surface area contributed by atoms with E-state index in [1.165, 1.54) is 7.05 Å². The van der Waals surface area contributed by atoms with Gasteiger partial charge in [-0.05, 0) is 20.8 Å². The van der Waals surface area contributed by atoms with Crippen LogP contribution in [0.2, 0.25) is 0 Å². The second kappa shape index (κ2) is 5.84. The van der Waals surface area contributed by atoms with Crippen molar-refractivity contribution in [3.05, 3.63) is 0 Å². The molecule has 0 aliphatic heterocycles. The summed E-state index contributed by atoms with van der Waals surface area (Å²) in [5.74, 6) is -1.23. The second-order valence-electron chi connectivity index (χ2n) is 4.35. The summed E-state index contributed by atoms with van der Waals surface area (Å²) in [7, 11) is -2.24. The summed E-state index contributed by atoms with van der Waals surface area (Å²) < 4.78 is 29.1. The number of carbonyl (C=O) groups is 1. The van der Waals surface area contributed by atoms with Gasteiger partial charge < -0.3 is 4.74 Å². The SMILES string of the molecule is CN(CCCl)S(=O)(=O)CC(=O)OC(C)(C)C. The van der Waals surface area contributed by atoms with Crippen molar-refractivity contribution >= 4 is 27.6 Å². The van der Waals surface area contributed by atoms with E-state index in [4.69, 9.17) is 16.3 Å². The third-order valence-corrected chi connectivity index (χ3v) is 3.50. The average molecular weight is 272 g/mol. The van der Waals surface area contributed by atoms with Crippen LogP contribution in [0.25, 0.3) is 0 Å². The summed E-state index contributed by atoms with van der Waals surface area (Å²) in [6, 6.07) is 0. The van der Waals surface area contributed by atoms with Gasteiger partial charge in [-0.15, -0.1) is 11.6 Å². The number of esters is 1. The fourth-order valence-corrected chi connectivity index (χ4v) is 2.19. The zero-order chi connectivity index (χ0) is 13.0.